The SMILES string of the molecule is NCCO.O=Cc1ccc(Cl)nc1.O=Cc1ccc(NCCO)nc1.O=Cc1ccc(OCCO)nc1.OCCO. The molecule has 0 fully saturated rings. The van der Waals surface area contributed by atoms with E-state index in [4.69, 9.17) is 47.6 Å². The van der Waals surface area contributed by atoms with E-state index >= 15 is 0 Å². The van der Waals surface area contributed by atoms with Crippen LogP contribution in [0.15, 0.2) is 55.0 Å². The fraction of sp³-hybridized carbons (Fsp3) is 0.308. The summed E-state index contributed by atoms with van der Waals surface area (Å²) in [5.74, 6) is 1.07. The van der Waals surface area contributed by atoms with Crippen LogP contribution in [0.4, 0.5) is 5.82 Å². The second-order valence-electron chi connectivity index (χ2n) is 6.86. The molecule has 14 nitrogen and oxygen atoms in total. The average molecular weight is 598 g/mol. The Balaban J connectivity index is 0. The fourth-order valence-electron chi connectivity index (χ4n) is 1.92. The minimum absolute atomic E-state index is 0.0445. The summed E-state index contributed by atoms with van der Waals surface area (Å²) in [6.07, 6.45) is 6.50. The Kier molecular flexibility index (Phi) is 27.9. The molecule has 0 atom stereocenters. The number of carbonyl (C=O) groups excluding carboxylic acids is 3. The average Bonchev–Trinajstić information content (AvgIpc) is 3.04. The standard InChI is InChI=1S/C8H10N2O2.C8H9NO3.C6H4ClNO.C2H7NO.C2H6O2/c11-4-3-9-8-2-1-7(6-12)5-10-8;10-3-4-12-8-2-1-7(6-11)5-9-8;7-6-2-1-5(4-9)3-8-6;2*3-1-2-4/h1-2,5-6,11H,3-4H2,(H,9,10);1-2,5-6,10H,3-4H2;1-4H;4H,1-3H2;3-4H,1-2H2. The number of aromatic nitrogens is 3. The number of nitrogens with zero attached hydrogens (tertiary/aromatic N) is 3. The van der Waals surface area contributed by atoms with E-state index in [-0.39, 0.29) is 39.6 Å². The first-order valence-electron chi connectivity index (χ1n) is 11.9. The van der Waals surface area contributed by atoms with Crippen molar-refractivity contribution in [1.29, 1.82) is 0 Å². The highest BCUT2D eigenvalue weighted by atomic mass is 35.5. The zero-order valence-corrected chi connectivity index (χ0v) is 23.0. The van der Waals surface area contributed by atoms with Crippen molar-refractivity contribution in [2.24, 2.45) is 5.73 Å². The Morgan fingerprint density at radius 2 is 1.22 bits per heavy atom. The zero-order valence-electron chi connectivity index (χ0n) is 22.3. The molecular weight excluding hydrogens is 562 g/mol. The monoisotopic (exact) mass is 597 g/mol. The summed E-state index contributed by atoms with van der Waals surface area (Å²) in [6, 6.07) is 9.73. The van der Waals surface area contributed by atoms with Gasteiger partial charge in [0, 0.05) is 54.4 Å². The number of nitrogens with two attached hydrogens (primary N) is 1. The molecule has 0 aromatic carbocycles. The van der Waals surface area contributed by atoms with Gasteiger partial charge < -0.3 is 41.3 Å². The van der Waals surface area contributed by atoms with E-state index in [9.17, 15) is 14.4 Å². The molecule has 3 aromatic rings. The lowest BCUT2D eigenvalue weighted by Crippen LogP contribution is -2.06. The molecule has 41 heavy (non-hydrogen) atoms. The third kappa shape index (κ3) is 23.7. The van der Waals surface area contributed by atoms with Crippen LogP contribution in [0.25, 0.3) is 0 Å². The molecule has 0 aliphatic heterocycles. The summed E-state index contributed by atoms with van der Waals surface area (Å²) >= 11 is 5.44. The number of aliphatic hydroxyl groups excluding tert-OH is 5. The Bertz CT molecular complexity index is 966. The van der Waals surface area contributed by atoms with Crippen LogP contribution in [0.3, 0.4) is 0 Å². The summed E-state index contributed by atoms with van der Waals surface area (Å²) < 4.78 is 4.98. The summed E-state index contributed by atoms with van der Waals surface area (Å²) in [4.78, 5) is 41.9. The van der Waals surface area contributed by atoms with E-state index in [1.54, 1.807) is 36.4 Å². The molecular formula is C26H36ClN5O9. The predicted molar refractivity (Wildman–Crippen MR) is 152 cm³/mol. The van der Waals surface area contributed by atoms with Crippen LogP contribution in [-0.2, 0) is 0 Å². The maximum absolute atomic E-state index is 10.2. The largest absolute Gasteiger partial charge is 0.475 e. The highest BCUT2D eigenvalue weighted by Gasteiger charge is 1.94. The van der Waals surface area contributed by atoms with Gasteiger partial charge in [0.2, 0.25) is 5.88 Å². The Labute approximate surface area is 242 Å². The van der Waals surface area contributed by atoms with Gasteiger partial charge in [-0.3, -0.25) is 14.4 Å². The van der Waals surface area contributed by atoms with Crippen molar-refractivity contribution < 1.29 is 44.7 Å². The van der Waals surface area contributed by atoms with Crippen molar-refractivity contribution in [2.75, 3.05) is 58.0 Å². The first-order valence-corrected chi connectivity index (χ1v) is 12.3. The van der Waals surface area contributed by atoms with Crippen molar-refractivity contribution in [1.82, 2.24) is 15.0 Å². The maximum atomic E-state index is 10.2. The minimum atomic E-state index is -0.125. The van der Waals surface area contributed by atoms with E-state index in [0.717, 1.165) is 12.6 Å². The smallest absolute Gasteiger partial charge is 0.213 e. The second-order valence-corrected chi connectivity index (χ2v) is 7.24. The molecule has 0 aliphatic carbocycles. The lowest BCUT2D eigenvalue weighted by atomic mass is 10.3. The number of ether oxygens (including phenoxy) is 1. The number of hydrogen-bond donors (Lipinski definition) is 7. The van der Waals surface area contributed by atoms with E-state index in [1.807, 2.05) is 0 Å². The predicted octanol–water partition coefficient (Wildman–Crippen LogP) is 0.0194. The first-order chi connectivity index (χ1) is 19.9. The third-order valence-corrected chi connectivity index (χ3v) is 3.92. The van der Waals surface area contributed by atoms with Gasteiger partial charge in [0.15, 0.2) is 18.9 Å². The highest BCUT2D eigenvalue weighted by molar-refractivity contribution is 6.29. The van der Waals surface area contributed by atoms with Gasteiger partial charge in [-0.1, -0.05) is 11.6 Å². The first kappa shape index (κ1) is 39.3. The topological polar surface area (TPSA) is 238 Å². The Hall–Kier alpha value is -3.89. The van der Waals surface area contributed by atoms with Gasteiger partial charge in [-0.05, 0) is 30.3 Å². The molecule has 0 bridgehead atoms. The molecule has 8 N–H and O–H groups in total. The molecule has 3 aromatic heterocycles. The van der Waals surface area contributed by atoms with Crippen LogP contribution in [0.2, 0.25) is 5.15 Å². The highest BCUT2D eigenvalue weighted by Crippen LogP contribution is 2.05. The zero-order chi connectivity index (χ0) is 31.1. The van der Waals surface area contributed by atoms with Gasteiger partial charge in [-0.2, -0.15) is 0 Å². The summed E-state index contributed by atoms with van der Waals surface area (Å²) in [6.45, 7) is 0.926. The molecule has 0 aliphatic rings. The number of aliphatic hydroxyl groups is 5. The summed E-state index contributed by atoms with van der Waals surface area (Å²) in [5.41, 5.74) is 6.37. The molecule has 3 heterocycles. The van der Waals surface area contributed by atoms with Gasteiger partial charge in [-0.25, -0.2) is 15.0 Å². The van der Waals surface area contributed by atoms with Crippen LogP contribution < -0.4 is 15.8 Å². The van der Waals surface area contributed by atoms with Gasteiger partial charge in [0.25, 0.3) is 0 Å². The van der Waals surface area contributed by atoms with Crippen LogP contribution in [-0.4, -0.2) is 112 Å². The number of pyridine rings is 3. The molecule has 226 valence electrons. The van der Waals surface area contributed by atoms with E-state index in [2.05, 4.69) is 20.3 Å². The van der Waals surface area contributed by atoms with Crippen LogP contribution >= 0.6 is 11.6 Å². The second kappa shape index (κ2) is 29.1. The number of rotatable bonds is 11. The number of nitrogens with one attached hydrogen (secondary N) is 1. The molecule has 0 saturated heterocycles. The molecule has 3 rings (SSSR count). The number of halogens is 1. The van der Waals surface area contributed by atoms with Crippen molar-refractivity contribution in [3.63, 3.8) is 0 Å². The number of aldehydes is 3. The normalized spacial score (nSPS) is 8.95. The lowest BCUT2D eigenvalue weighted by Gasteiger charge is -2.01. The number of hydrogen-bond acceptors (Lipinski definition) is 14. The van der Waals surface area contributed by atoms with Gasteiger partial charge >= 0.3 is 0 Å². The Morgan fingerprint density at radius 3 is 1.56 bits per heavy atom. The molecule has 0 radical (unpaired) electrons. The number of carbonyl (C=O) groups is 3. The third-order valence-electron chi connectivity index (χ3n) is 3.69. The summed E-state index contributed by atoms with van der Waals surface area (Å²) in [7, 11) is 0. The van der Waals surface area contributed by atoms with Gasteiger partial charge in [-0.15, -0.1) is 0 Å². The van der Waals surface area contributed by atoms with Crippen molar-refractivity contribution in [2.45, 2.75) is 0 Å². The minimum Gasteiger partial charge on any atom is -0.475 e. The van der Waals surface area contributed by atoms with Gasteiger partial charge in [0.05, 0.1) is 33.0 Å². The molecule has 0 saturated carbocycles. The van der Waals surface area contributed by atoms with E-state index in [0.29, 0.717) is 52.9 Å². The van der Waals surface area contributed by atoms with Crippen molar-refractivity contribution in [3.05, 3.63) is 76.8 Å². The fourth-order valence-corrected chi connectivity index (χ4v) is 2.03. The van der Waals surface area contributed by atoms with Crippen molar-refractivity contribution in [3.8, 4) is 5.88 Å². The van der Waals surface area contributed by atoms with E-state index in [1.165, 1.54) is 18.6 Å². The quantitative estimate of drug-likeness (QED) is 0.114. The summed E-state index contributed by atoms with van der Waals surface area (Å²) in [5, 5.41) is 43.2. The molecule has 15 heteroatoms. The molecule has 0 unspecified atom stereocenters. The Morgan fingerprint density at radius 1 is 0.707 bits per heavy atom. The van der Waals surface area contributed by atoms with Gasteiger partial charge in [0.1, 0.15) is 17.6 Å². The van der Waals surface area contributed by atoms with Crippen LogP contribution in [0.5, 0.6) is 5.88 Å². The van der Waals surface area contributed by atoms with Crippen LogP contribution in [0, 0.1) is 0 Å². The molecule has 0 spiro atoms. The van der Waals surface area contributed by atoms with Crippen LogP contribution in [0.1, 0.15) is 31.1 Å². The van der Waals surface area contributed by atoms with E-state index < -0.39 is 0 Å². The lowest BCUT2D eigenvalue weighted by molar-refractivity contribution is 0.111. The maximum Gasteiger partial charge on any atom is 0.213 e. The van der Waals surface area contributed by atoms with Crippen molar-refractivity contribution >= 4 is 36.3 Å². The number of anilines is 1. The molecule has 0 amide bonds.